The van der Waals surface area contributed by atoms with Crippen molar-refractivity contribution in [2.45, 2.75) is 6.92 Å². The molecule has 1 aromatic carbocycles. The van der Waals surface area contributed by atoms with Gasteiger partial charge in [-0.15, -0.1) is 0 Å². The highest BCUT2D eigenvalue weighted by molar-refractivity contribution is 6.36. The first kappa shape index (κ1) is 11.1. The molecular weight excluding hydrogens is 223 g/mol. The summed E-state index contributed by atoms with van der Waals surface area (Å²) < 4.78 is 0. The Morgan fingerprint density at radius 3 is 2.64 bits per heavy atom. The number of hydrogen-bond donors (Lipinski definition) is 1. The van der Waals surface area contributed by atoms with Gasteiger partial charge in [-0.1, -0.05) is 29.3 Å². The van der Waals surface area contributed by atoms with Gasteiger partial charge in [-0.05, 0) is 30.2 Å². The van der Waals surface area contributed by atoms with Gasteiger partial charge in [0.25, 0.3) is 0 Å². The van der Waals surface area contributed by atoms with E-state index in [0.717, 1.165) is 11.6 Å². The third-order valence-electron chi connectivity index (χ3n) is 1.76. The van der Waals surface area contributed by atoms with Crippen LogP contribution in [0.5, 0.6) is 0 Å². The zero-order chi connectivity index (χ0) is 10.7. The van der Waals surface area contributed by atoms with E-state index in [1.54, 1.807) is 19.1 Å². The molecule has 0 heterocycles. The number of carboxylic acids is 1. The van der Waals surface area contributed by atoms with Crippen molar-refractivity contribution in [3.8, 4) is 0 Å². The Morgan fingerprint density at radius 2 is 2.07 bits per heavy atom. The van der Waals surface area contributed by atoms with Gasteiger partial charge in [0.1, 0.15) is 0 Å². The third-order valence-corrected chi connectivity index (χ3v) is 2.67. The summed E-state index contributed by atoms with van der Waals surface area (Å²) in [6.07, 6.45) is 2.47. The van der Waals surface area contributed by atoms with E-state index < -0.39 is 5.97 Å². The van der Waals surface area contributed by atoms with Gasteiger partial charge in [0.2, 0.25) is 0 Å². The largest absolute Gasteiger partial charge is 0.478 e. The van der Waals surface area contributed by atoms with Crippen LogP contribution in [0.2, 0.25) is 10.0 Å². The summed E-state index contributed by atoms with van der Waals surface area (Å²) in [5, 5.41) is 9.49. The molecule has 74 valence electrons. The summed E-state index contributed by atoms with van der Waals surface area (Å²) in [4.78, 5) is 10.3. The molecule has 2 nitrogen and oxygen atoms in total. The molecule has 0 radical (unpaired) electrons. The normalized spacial score (nSPS) is 10.8. The Morgan fingerprint density at radius 1 is 1.43 bits per heavy atom. The van der Waals surface area contributed by atoms with E-state index in [9.17, 15) is 4.79 Å². The molecule has 0 atom stereocenters. The number of carbonyl (C=O) groups is 1. The minimum atomic E-state index is -1.01. The quantitative estimate of drug-likeness (QED) is 0.792. The van der Waals surface area contributed by atoms with Crippen LogP contribution in [0.1, 0.15) is 11.1 Å². The van der Waals surface area contributed by atoms with Gasteiger partial charge in [0.05, 0.1) is 5.02 Å². The van der Waals surface area contributed by atoms with Gasteiger partial charge in [-0.3, -0.25) is 0 Å². The molecule has 0 saturated heterocycles. The Hall–Kier alpha value is -0.990. The Balaban J connectivity index is 3.12. The average molecular weight is 231 g/mol. The van der Waals surface area contributed by atoms with Gasteiger partial charge >= 0.3 is 5.97 Å². The highest BCUT2D eigenvalue weighted by atomic mass is 35.5. The first-order valence-electron chi connectivity index (χ1n) is 3.88. The first-order valence-corrected chi connectivity index (χ1v) is 4.63. The summed E-state index contributed by atoms with van der Waals surface area (Å²) in [6.45, 7) is 1.78. The van der Waals surface area contributed by atoms with Crippen LogP contribution in [0, 0.1) is 6.92 Å². The van der Waals surface area contributed by atoms with Crippen molar-refractivity contribution < 1.29 is 9.90 Å². The predicted octanol–water partition coefficient (Wildman–Crippen LogP) is 3.40. The lowest BCUT2D eigenvalue weighted by Gasteiger charge is -2.03. The SMILES string of the molecule is Cc1c(Cl)ccc(/C=C/C(=O)O)c1Cl. The smallest absolute Gasteiger partial charge is 0.328 e. The van der Waals surface area contributed by atoms with Crippen LogP contribution in [0.3, 0.4) is 0 Å². The summed E-state index contributed by atoms with van der Waals surface area (Å²) in [5.74, 6) is -1.01. The molecule has 0 bridgehead atoms. The summed E-state index contributed by atoms with van der Waals surface area (Å²) in [5.41, 5.74) is 1.40. The number of hydrogen-bond acceptors (Lipinski definition) is 1. The molecule has 4 heteroatoms. The third kappa shape index (κ3) is 2.50. The van der Waals surface area contributed by atoms with Gasteiger partial charge in [0, 0.05) is 11.1 Å². The lowest BCUT2D eigenvalue weighted by Crippen LogP contribution is -1.87. The van der Waals surface area contributed by atoms with E-state index >= 15 is 0 Å². The van der Waals surface area contributed by atoms with E-state index in [0.29, 0.717) is 15.6 Å². The number of benzene rings is 1. The fourth-order valence-electron chi connectivity index (χ4n) is 0.972. The Bertz CT molecular complexity index is 397. The maximum absolute atomic E-state index is 10.3. The second-order valence-corrected chi connectivity index (χ2v) is 3.53. The highest BCUT2D eigenvalue weighted by Crippen LogP contribution is 2.27. The molecule has 1 aromatic rings. The van der Waals surface area contributed by atoms with Crippen LogP contribution in [-0.4, -0.2) is 11.1 Å². The van der Waals surface area contributed by atoms with Gasteiger partial charge in [-0.2, -0.15) is 0 Å². The number of rotatable bonds is 2. The average Bonchev–Trinajstić information content (AvgIpc) is 2.13. The van der Waals surface area contributed by atoms with E-state index in [1.807, 2.05) is 0 Å². The molecule has 0 amide bonds. The molecule has 0 spiro atoms. The van der Waals surface area contributed by atoms with Crippen LogP contribution in [0.15, 0.2) is 18.2 Å². The molecule has 0 aliphatic carbocycles. The molecule has 0 aliphatic rings. The molecule has 14 heavy (non-hydrogen) atoms. The highest BCUT2D eigenvalue weighted by Gasteiger charge is 2.04. The molecule has 1 rings (SSSR count). The van der Waals surface area contributed by atoms with Crippen molar-refractivity contribution in [2.75, 3.05) is 0 Å². The van der Waals surface area contributed by atoms with E-state index in [1.165, 1.54) is 6.08 Å². The van der Waals surface area contributed by atoms with Gasteiger partial charge in [0.15, 0.2) is 0 Å². The van der Waals surface area contributed by atoms with E-state index in [4.69, 9.17) is 28.3 Å². The van der Waals surface area contributed by atoms with Crippen molar-refractivity contribution in [1.29, 1.82) is 0 Å². The number of halogens is 2. The molecule has 0 saturated carbocycles. The maximum atomic E-state index is 10.3. The Labute approximate surface area is 91.8 Å². The van der Waals surface area contributed by atoms with Gasteiger partial charge in [-0.25, -0.2) is 4.79 Å². The lowest BCUT2D eigenvalue weighted by atomic mass is 10.1. The molecule has 1 N–H and O–H groups in total. The van der Waals surface area contributed by atoms with E-state index in [-0.39, 0.29) is 0 Å². The van der Waals surface area contributed by atoms with Crippen LogP contribution in [0.4, 0.5) is 0 Å². The molecule has 0 aromatic heterocycles. The molecule has 0 unspecified atom stereocenters. The maximum Gasteiger partial charge on any atom is 0.328 e. The van der Waals surface area contributed by atoms with Crippen molar-refractivity contribution in [3.63, 3.8) is 0 Å². The summed E-state index contributed by atoms with van der Waals surface area (Å²) in [6, 6.07) is 3.36. The number of aliphatic carboxylic acids is 1. The second-order valence-electron chi connectivity index (χ2n) is 2.75. The minimum absolute atomic E-state index is 0.481. The van der Waals surface area contributed by atoms with Crippen LogP contribution in [-0.2, 0) is 4.79 Å². The monoisotopic (exact) mass is 230 g/mol. The van der Waals surface area contributed by atoms with Crippen LogP contribution in [0.25, 0.3) is 6.08 Å². The zero-order valence-corrected chi connectivity index (χ0v) is 8.93. The molecular formula is C10H8Cl2O2. The van der Waals surface area contributed by atoms with Gasteiger partial charge < -0.3 is 5.11 Å². The standard InChI is InChI=1S/C10H8Cl2O2/c1-6-8(11)4-2-7(10(6)12)3-5-9(13)14/h2-5H,1H3,(H,13,14)/b5-3+. The van der Waals surface area contributed by atoms with E-state index in [2.05, 4.69) is 0 Å². The van der Waals surface area contributed by atoms with Crippen molar-refractivity contribution in [3.05, 3.63) is 39.4 Å². The van der Waals surface area contributed by atoms with Crippen LogP contribution < -0.4 is 0 Å². The fourth-order valence-corrected chi connectivity index (χ4v) is 1.41. The first-order chi connectivity index (χ1) is 6.52. The topological polar surface area (TPSA) is 37.3 Å². The molecule has 0 fully saturated rings. The number of carboxylic acid groups (broad SMARTS) is 1. The summed E-state index contributed by atoms with van der Waals surface area (Å²) in [7, 11) is 0. The van der Waals surface area contributed by atoms with Crippen molar-refractivity contribution in [1.82, 2.24) is 0 Å². The minimum Gasteiger partial charge on any atom is -0.478 e. The second kappa shape index (κ2) is 4.49. The Kier molecular flexibility index (Phi) is 3.55. The lowest BCUT2D eigenvalue weighted by molar-refractivity contribution is -0.131. The van der Waals surface area contributed by atoms with Crippen molar-refractivity contribution >= 4 is 35.2 Å². The predicted molar refractivity (Wildman–Crippen MR) is 57.9 cm³/mol. The summed E-state index contributed by atoms with van der Waals surface area (Å²) >= 11 is 11.8. The van der Waals surface area contributed by atoms with Crippen molar-refractivity contribution in [2.24, 2.45) is 0 Å². The molecule has 0 aliphatic heterocycles. The zero-order valence-electron chi connectivity index (χ0n) is 7.42. The van der Waals surface area contributed by atoms with Crippen LogP contribution >= 0.6 is 23.2 Å². The fraction of sp³-hybridized carbons (Fsp3) is 0.100.